The van der Waals surface area contributed by atoms with E-state index in [1.54, 1.807) is 17.1 Å². The molecule has 3 N–H and O–H groups in total. The molecule has 4 aromatic rings. The maximum absolute atomic E-state index is 15.5. The number of anilines is 1. The van der Waals surface area contributed by atoms with Crippen LogP contribution in [0.15, 0.2) is 63.6 Å². The Labute approximate surface area is 279 Å². The summed E-state index contributed by atoms with van der Waals surface area (Å²) < 4.78 is 19.3. The van der Waals surface area contributed by atoms with Crippen molar-refractivity contribution in [3.8, 4) is 5.69 Å². The van der Waals surface area contributed by atoms with Crippen LogP contribution in [0.25, 0.3) is 16.6 Å². The first kappa shape index (κ1) is 31.1. The Bertz CT molecular complexity index is 2020. The summed E-state index contributed by atoms with van der Waals surface area (Å²) in [5.74, 6) is -2.69. The molecule has 1 aromatic carbocycles. The number of nitrogens with two attached hydrogens (primary N) is 1. The molecule has 7 rings (SSSR count). The normalized spacial score (nSPS) is 19.5. The Balaban J connectivity index is 1.13. The van der Waals surface area contributed by atoms with Crippen LogP contribution in [0.2, 0.25) is 0 Å². The van der Waals surface area contributed by atoms with Crippen molar-refractivity contribution in [2.24, 2.45) is 5.16 Å². The number of carboxylic acids is 1. The smallest absolute Gasteiger partial charge is 0.276 e. The molecule has 2 atom stereocenters. The van der Waals surface area contributed by atoms with Crippen LogP contribution in [0.4, 0.5) is 9.52 Å². The van der Waals surface area contributed by atoms with Gasteiger partial charge in [-0.05, 0) is 18.6 Å². The number of thiazole rings is 1. The van der Waals surface area contributed by atoms with Crippen molar-refractivity contribution in [3.05, 3.63) is 70.8 Å². The summed E-state index contributed by atoms with van der Waals surface area (Å²) >= 11 is 3.81. The lowest BCUT2D eigenvalue weighted by molar-refractivity contribution is -0.675. The number of β-lactam (4-membered cyclic amide) rings is 1. The minimum Gasteiger partial charge on any atom is -0.543 e. The number of aromatic nitrogens is 4. The number of thioether (sulfide) groups is 2. The number of hydrogen-bond acceptors (Lipinski definition) is 12. The van der Waals surface area contributed by atoms with Crippen molar-refractivity contribution in [2.45, 2.75) is 42.1 Å². The van der Waals surface area contributed by atoms with Crippen LogP contribution < -0.4 is 20.7 Å². The number of oxime groups is 1. The van der Waals surface area contributed by atoms with Gasteiger partial charge in [0.05, 0.1) is 34.8 Å². The Morgan fingerprint density at radius 2 is 2.15 bits per heavy atom. The number of imidazole rings is 1. The van der Waals surface area contributed by atoms with E-state index >= 15 is 4.39 Å². The number of pyridine rings is 1. The largest absolute Gasteiger partial charge is 0.543 e. The molecule has 1 aliphatic carbocycles. The van der Waals surface area contributed by atoms with Crippen LogP contribution in [0.5, 0.6) is 0 Å². The summed E-state index contributed by atoms with van der Waals surface area (Å²) in [7, 11) is 1.27. The Morgan fingerprint density at radius 1 is 1.34 bits per heavy atom. The fourth-order valence-electron chi connectivity index (χ4n) is 5.68. The van der Waals surface area contributed by atoms with Gasteiger partial charge in [0.25, 0.3) is 11.8 Å². The average molecular weight is 695 g/mol. The van der Waals surface area contributed by atoms with Crippen LogP contribution in [0.1, 0.15) is 30.3 Å². The standard InChI is InChI=1S/C30H27FN8O5S3/c1-14-9-37(13-33-14)21-8-20-17(7-18(21)31)22(5-6-38(20)16-3-4-16)45-10-15-11-46-28-24(27(41)39(28)25(15)29(42)43)35-26(40)23(36-44-2)19-12-47-30(32)34-19/h5-9,12-13,16,24,28H,3-4,10-11H2,1-2H3,(H3-,32,34,35,40,42,43)/b36-23-. The van der Waals surface area contributed by atoms with Gasteiger partial charge >= 0.3 is 0 Å². The van der Waals surface area contributed by atoms with Crippen molar-refractivity contribution >= 4 is 74.4 Å². The van der Waals surface area contributed by atoms with Gasteiger partial charge in [-0.25, -0.2) is 14.4 Å². The van der Waals surface area contributed by atoms with Crippen molar-refractivity contribution in [3.63, 3.8) is 0 Å². The zero-order valence-electron chi connectivity index (χ0n) is 25.0. The Morgan fingerprint density at radius 3 is 2.81 bits per heavy atom. The highest BCUT2D eigenvalue weighted by molar-refractivity contribution is 8.01. The molecule has 242 valence electrons. The molecule has 13 nitrogen and oxygen atoms in total. The van der Waals surface area contributed by atoms with E-state index in [2.05, 4.69) is 25.0 Å². The van der Waals surface area contributed by atoms with Crippen LogP contribution in [-0.4, -0.2) is 73.0 Å². The second kappa shape index (κ2) is 12.3. The van der Waals surface area contributed by atoms with Gasteiger partial charge in [0, 0.05) is 53.0 Å². The Hall–Kier alpha value is -4.48. The quantitative estimate of drug-likeness (QED) is 0.0818. The molecule has 2 fully saturated rings. The molecular weight excluding hydrogens is 668 g/mol. The molecule has 3 aliphatic rings. The molecule has 2 aliphatic heterocycles. The maximum atomic E-state index is 15.5. The van der Waals surface area contributed by atoms with Gasteiger partial charge < -0.3 is 30.4 Å². The number of amides is 2. The molecule has 1 saturated heterocycles. The lowest BCUT2D eigenvalue weighted by Gasteiger charge is -2.50. The predicted octanol–water partition coefficient (Wildman–Crippen LogP) is 1.68. The molecule has 5 heterocycles. The highest BCUT2D eigenvalue weighted by Crippen LogP contribution is 2.42. The second-order valence-corrected chi connectivity index (χ2v) is 14.2. The van der Waals surface area contributed by atoms with Gasteiger partial charge in [-0.3, -0.25) is 14.5 Å². The first-order valence-electron chi connectivity index (χ1n) is 14.5. The monoisotopic (exact) mass is 694 g/mol. The van der Waals surface area contributed by atoms with Gasteiger partial charge in [0.15, 0.2) is 23.1 Å². The van der Waals surface area contributed by atoms with E-state index in [9.17, 15) is 19.5 Å². The molecule has 0 bridgehead atoms. The molecule has 1 saturated carbocycles. The number of benzene rings is 1. The van der Waals surface area contributed by atoms with Crippen molar-refractivity contribution in [1.82, 2.24) is 24.8 Å². The summed E-state index contributed by atoms with van der Waals surface area (Å²) in [6.07, 6.45) is 7.40. The van der Waals surface area contributed by atoms with Crippen LogP contribution in [0, 0.1) is 12.7 Å². The third kappa shape index (κ3) is 5.72. The number of fused-ring (bicyclic) bond motifs is 2. The number of carbonyl (C=O) groups is 3. The highest BCUT2D eigenvalue weighted by atomic mass is 32.2. The van der Waals surface area contributed by atoms with E-state index in [0.29, 0.717) is 22.7 Å². The zero-order valence-corrected chi connectivity index (χ0v) is 27.5. The van der Waals surface area contributed by atoms with E-state index in [1.165, 1.54) is 42.1 Å². The summed E-state index contributed by atoms with van der Waals surface area (Å²) in [6.45, 7) is 1.84. The zero-order chi connectivity index (χ0) is 33.0. The number of halogens is 1. The molecule has 3 aromatic heterocycles. The van der Waals surface area contributed by atoms with E-state index < -0.39 is 35.0 Å². The van der Waals surface area contributed by atoms with E-state index in [4.69, 9.17) is 10.6 Å². The van der Waals surface area contributed by atoms with Gasteiger partial charge in [-0.1, -0.05) is 5.16 Å². The second-order valence-electron chi connectivity index (χ2n) is 11.1. The van der Waals surface area contributed by atoms with E-state index in [-0.39, 0.29) is 33.7 Å². The minimum atomic E-state index is -1.49. The number of nitrogen functional groups attached to an aromatic ring is 1. The molecule has 47 heavy (non-hydrogen) atoms. The Kier molecular flexibility index (Phi) is 8.13. The number of aryl methyl sites for hydroxylation is 1. The van der Waals surface area contributed by atoms with Gasteiger partial charge in [0.2, 0.25) is 5.52 Å². The number of rotatable bonds is 10. The fraction of sp³-hybridized carbons (Fsp3) is 0.300. The van der Waals surface area contributed by atoms with E-state index in [1.807, 2.05) is 25.3 Å². The molecule has 0 spiro atoms. The minimum absolute atomic E-state index is 0.165. The van der Waals surface area contributed by atoms with E-state index in [0.717, 1.165) is 45.2 Å². The molecule has 2 unspecified atom stereocenters. The fourth-order valence-corrected chi connectivity index (χ4v) is 8.74. The third-order valence-corrected chi connectivity index (χ3v) is 11.2. The van der Waals surface area contributed by atoms with Crippen molar-refractivity contribution in [2.75, 3.05) is 24.3 Å². The lowest BCUT2D eigenvalue weighted by Crippen LogP contribution is -2.71. The summed E-state index contributed by atoms with van der Waals surface area (Å²) in [5, 5.41) is 20.6. The third-order valence-electron chi connectivity index (χ3n) is 8.02. The summed E-state index contributed by atoms with van der Waals surface area (Å²) in [6, 6.07) is 4.58. The summed E-state index contributed by atoms with van der Waals surface area (Å²) in [4.78, 5) is 53.7. The predicted molar refractivity (Wildman–Crippen MR) is 172 cm³/mol. The molecule has 0 radical (unpaired) electrons. The number of nitrogens with one attached hydrogen (secondary N) is 1. The van der Waals surface area contributed by atoms with Gasteiger partial charge in [-0.15, -0.1) is 34.9 Å². The molecule has 2 amide bonds. The van der Waals surface area contributed by atoms with Crippen LogP contribution in [-0.2, 0) is 19.2 Å². The van der Waals surface area contributed by atoms with Gasteiger partial charge in [-0.2, -0.15) is 4.57 Å². The number of aliphatic carboxylic acids is 1. The average Bonchev–Trinajstić information content (AvgIpc) is 3.66. The summed E-state index contributed by atoms with van der Waals surface area (Å²) in [5.41, 5.74) is 8.01. The number of carboxylic acid groups (broad SMARTS) is 1. The first-order valence-corrected chi connectivity index (χ1v) is 17.4. The highest BCUT2D eigenvalue weighted by Gasteiger charge is 2.53. The maximum Gasteiger partial charge on any atom is 0.276 e. The van der Waals surface area contributed by atoms with Crippen molar-refractivity contribution < 1.29 is 33.3 Å². The SMILES string of the molecule is CO/N=C(\C(=O)NC1C(=O)N2C(C(=O)[O-])=C(CSc3cc[n+](C4CC4)c4cc(-n5cnc(C)c5)c(F)cc34)CSC12)c1csc(N)n1. The first-order chi connectivity index (χ1) is 22.6. The molecule has 17 heteroatoms. The van der Waals surface area contributed by atoms with Crippen LogP contribution >= 0.6 is 34.9 Å². The lowest BCUT2D eigenvalue weighted by atomic mass is 10.0. The van der Waals surface area contributed by atoms with Crippen LogP contribution in [0.3, 0.4) is 0 Å². The molecular formula is C30H27FN8O5S3. The topological polar surface area (TPSA) is 172 Å². The van der Waals surface area contributed by atoms with Crippen molar-refractivity contribution in [1.29, 1.82) is 0 Å². The number of hydrogen-bond donors (Lipinski definition) is 2. The number of carbonyl (C=O) groups excluding carboxylic acids is 3. The van der Waals surface area contributed by atoms with Gasteiger partial charge in [0.1, 0.15) is 30.0 Å². The number of nitrogens with zero attached hydrogens (tertiary/aromatic N) is 6.